The lowest BCUT2D eigenvalue weighted by molar-refractivity contribution is 0.415. The number of nitriles is 1. The number of pyridine rings is 1. The molecule has 0 aliphatic heterocycles. The third kappa shape index (κ3) is 2.82. The van der Waals surface area contributed by atoms with E-state index >= 15 is 0 Å². The minimum atomic E-state index is 0.550. The van der Waals surface area contributed by atoms with Crippen molar-refractivity contribution in [1.29, 1.82) is 5.26 Å². The zero-order valence-electron chi connectivity index (χ0n) is 12.2. The predicted molar refractivity (Wildman–Crippen MR) is 88.2 cm³/mol. The molecular weight excluding hydrogens is 272 g/mol. The van der Waals surface area contributed by atoms with Gasteiger partial charge in [-0.1, -0.05) is 24.3 Å². The molecule has 3 nitrogen and oxygen atoms in total. The lowest BCUT2D eigenvalue weighted by atomic mass is 10.0. The number of hydrogen-bond donors (Lipinski definition) is 0. The zero-order chi connectivity index (χ0) is 15.4. The molecule has 3 rings (SSSR count). The van der Waals surface area contributed by atoms with E-state index in [-0.39, 0.29) is 0 Å². The average Bonchev–Trinajstić information content (AvgIpc) is 2.59. The molecule has 0 bridgehead atoms. The van der Waals surface area contributed by atoms with Crippen molar-refractivity contribution < 1.29 is 4.74 Å². The number of nitrogens with zero attached hydrogens (tertiary/aromatic N) is 2. The Kier molecular flexibility index (Phi) is 3.84. The first kappa shape index (κ1) is 13.8. The van der Waals surface area contributed by atoms with Gasteiger partial charge in [0, 0.05) is 6.20 Å². The van der Waals surface area contributed by atoms with E-state index in [0.717, 1.165) is 22.1 Å². The molecule has 0 aliphatic rings. The minimum Gasteiger partial charge on any atom is -0.497 e. The summed E-state index contributed by atoms with van der Waals surface area (Å²) < 4.78 is 5.23. The summed E-state index contributed by atoms with van der Waals surface area (Å²) in [5.74, 6) is 0.835. The van der Waals surface area contributed by atoms with Gasteiger partial charge >= 0.3 is 0 Å². The van der Waals surface area contributed by atoms with E-state index in [9.17, 15) is 5.26 Å². The summed E-state index contributed by atoms with van der Waals surface area (Å²) in [7, 11) is 1.66. The van der Waals surface area contributed by atoms with Gasteiger partial charge < -0.3 is 4.74 Å². The topological polar surface area (TPSA) is 45.9 Å². The molecule has 0 unspecified atom stereocenters. The highest BCUT2D eigenvalue weighted by atomic mass is 16.5. The number of hydrogen-bond acceptors (Lipinski definition) is 3. The number of rotatable bonds is 3. The average molecular weight is 286 g/mol. The van der Waals surface area contributed by atoms with Gasteiger partial charge in [-0.05, 0) is 52.7 Å². The molecule has 3 heteroatoms. The van der Waals surface area contributed by atoms with Gasteiger partial charge in [-0.15, -0.1) is 0 Å². The van der Waals surface area contributed by atoms with Crippen LogP contribution in [0.4, 0.5) is 0 Å². The van der Waals surface area contributed by atoms with Crippen LogP contribution in [0.15, 0.2) is 60.8 Å². The number of fused-ring (bicyclic) bond motifs is 1. The van der Waals surface area contributed by atoms with Gasteiger partial charge in [0.2, 0.25) is 0 Å². The van der Waals surface area contributed by atoms with E-state index in [1.807, 2.05) is 54.6 Å². The van der Waals surface area contributed by atoms with Crippen molar-refractivity contribution in [3.63, 3.8) is 0 Å². The van der Waals surface area contributed by atoms with Crippen LogP contribution in [-0.4, -0.2) is 12.1 Å². The van der Waals surface area contributed by atoms with Crippen LogP contribution >= 0.6 is 0 Å². The Morgan fingerprint density at radius 3 is 2.64 bits per heavy atom. The van der Waals surface area contributed by atoms with Crippen LogP contribution in [-0.2, 0) is 0 Å². The predicted octanol–water partition coefficient (Wildman–Crippen LogP) is 4.31. The standard InChI is InChI=1S/C19H14N2O/c1-22-18-8-7-15-10-14(5-6-16(15)12-18)11-17(13-20)19-4-2-3-9-21-19/h2-12H,1H3. The summed E-state index contributed by atoms with van der Waals surface area (Å²) in [5, 5.41) is 11.6. The fourth-order valence-electron chi connectivity index (χ4n) is 2.31. The molecule has 0 N–H and O–H groups in total. The van der Waals surface area contributed by atoms with E-state index in [4.69, 9.17) is 4.74 Å². The molecule has 0 saturated heterocycles. The minimum absolute atomic E-state index is 0.550. The highest BCUT2D eigenvalue weighted by Gasteiger charge is 2.03. The molecule has 0 saturated carbocycles. The molecule has 0 amide bonds. The Balaban J connectivity index is 2.03. The van der Waals surface area contributed by atoms with Crippen molar-refractivity contribution in [2.24, 2.45) is 0 Å². The van der Waals surface area contributed by atoms with Crippen molar-refractivity contribution in [2.75, 3.05) is 7.11 Å². The lowest BCUT2D eigenvalue weighted by Crippen LogP contribution is -1.86. The summed E-state index contributed by atoms with van der Waals surface area (Å²) in [4.78, 5) is 4.22. The molecule has 0 fully saturated rings. The first-order valence-electron chi connectivity index (χ1n) is 6.91. The fraction of sp³-hybridized carbons (Fsp3) is 0.0526. The lowest BCUT2D eigenvalue weighted by Gasteiger charge is -2.04. The third-order valence-electron chi connectivity index (χ3n) is 3.44. The Labute approximate surface area is 129 Å². The Morgan fingerprint density at radius 2 is 1.91 bits per heavy atom. The van der Waals surface area contributed by atoms with Crippen LogP contribution in [0.25, 0.3) is 22.4 Å². The Bertz CT molecular complexity index is 877. The summed E-state index contributed by atoms with van der Waals surface area (Å²) in [6.07, 6.45) is 3.54. The van der Waals surface area contributed by atoms with Crippen molar-refractivity contribution in [1.82, 2.24) is 4.98 Å². The summed E-state index contributed by atoms with van der Waals surface area (Å²) in [5.41, 5.74) is 2.20. The SMILES string of the molecule is COc1ccc2cc(C=C(C#N)c3ccccn3)ccc2c1. The highest BCUT2D eigenvalue weighted by Crippen LogP contribution is 2.24. The van der Waals surface area contributed by atoms with Gasteiger partial charge in [-0.2, -0.15) is 5.26 Å². The van der Waals surface area contributed by atoms with Crippen LogP contribution in [0.5, 0.6) is 5.75 Å². The largest absolute Gasteiger partial charge is 0.497 e. The van der Waals surface area contributed by atoms with Crippen LogP contribution in [0.3, 0.4) is 0 Å². The molecule has 0 atom stereocenters. The molecule has 1 heterocycles. The first-order chi connectivity index (χ1) is 10.8. The second kappa shape index (κ2) is 6.11. The number of methoxy groups -OCH3 is 1. The fourth-order valence-corrected chi connectivity index (χ4v) is 2.31. The number of benzene rings is 2. The van der Waals surface area contributed by atoms with Crippen molar-refractivity contribution in [2.45, 2.75) is 0 Å². The van der Waals surface area contributed by atoms with Gasteiger partial charge in [0.05, 0.1) is 18.4 Å². The molecule has 3 aromatic rings. The van der Waals surface area contributed by atoms with Crippen LogP contribution in [0.2, 0.25) is 0 Å². The zero-order valence-corrected chi connectivity index (χ0v) is 12.2. The summed E-state index contributed by atoms with van der Waals surface area (Å²) >= 11 is 0. The molecule has 0 spiro atoms. The Morgan fingerprint density at radius 1 is 1.09 bits per heavy atom. The normalized spacial score (nSPS) is 11.2. The maximum atomic E-state index is 9.35. The first-order valence-corrected chi connectivity index (χ1v) is 6.91. The van der Waals surface area contributed by atoms with Gasteiger partial charge in [0.15, 0.2) is 0 Å². The third-order valence-corrected chi connectivity index (χ3v) is 3.44. The van der Waals surface area contributed by atoms with Gasteiger partial charge in [0.1, 0.15) is 11.8 Å². The summed E-state index contributed by atoms with van der Waals surface area (Å²) in [6, 6.07) is 19.8. The van der Waals surface area contributed by atoms with E-state index in [0.29, 0.717) is 11.3 Å². The second-order valence-electron chi connectivity index (χ2n) is 4.86. The summed E-state index contributed by atoms with van der Waals surface area (Å²) in [6.45, 7) is 0. The van der Waals surface area contributed by atoms with Crippen LogP contribution in [0.1, 0.15) is 11.3 Å². The van der Waals surface area contributed by atoms with E-state index in [1.54, 1.807) is 13.3 Å². The second-order valence-corrected chi connectivity index (χ2v) is 4.86. The monoisotopic (exact) mass is 286 g/mol. The van der Waals surface area contributed by atoms with Crippen molar-refractivity contribution in [3.8, 4) is 11.8 Å². The maximum absolute atomic E-state index is 9.35. The molecule has 0 aliphatic carbocycles. The van der Waals surface area contributed by atoms with E-state index in [2.05, 4.69) is 17.1 Å². The van der Waals surface area contributed by atoms with Crippen LogP contribution < -0.4 is 4.74 Å². The van der Waals surface area contributed by atoms with E-state index < -0.39 is 0 Å². The van der Waals surface area contributed by atoms with E-state index in [1.165, 1.54) is 0 Å². The molecule has 106 valence electrons. The highest BCUT2D eigenvalue weighted by molar-refractivity contribution is 5.92. The number of allylic oxidation sites excluding steroid dienone is 1. The molecule has 22 heavy (non-hydrogen) atoms. The smallest absolute Gasteiger partial charge is 0.119 e. The van der Waals surface area contributed by atoms with Gasteiger partial charge in [-0.3, -0.25) is 4.98 Å². The van der Waals surface area contributed by atoms with Crippen molar-refractivity contribution in [3.05, 3.63) is 72.1 Å². The quantitative estimate of drug-likeness (QED) is 0.674. The molecule has 2 aromatic carbocycles. The van der Waals surface area contributed by atoms with Gasteiger partial charge in [-0.25, -0.2) is 0 Å². The number of aromatic nitrogens is 1. The molecule has 0 radical (unpaired) electrons. The Hall–Kier alpha value is -3.12. The van der Waals surface area contributed by atoms with Crippen molar-refractivity contribution >= 4 is 22.4 Å². The van der Waals surface area contributed by atoms with Gasteiger partial charge in [0.25, 0.3) is 0 Å². The molecule has 1 aromatic heterocycles. The number of ether oxygens (including phenoxy) is 1. The van der Waals surface area contributed by atoms with Crippen LogP contribution in [0, 0.1) is 11.3 Å². The maximum Gasteiger partial charge on any atom is 0.119 e. The molecular formula is C19H14N2O.